The predicted molar refractivity (Wildman–Crippen MR) is 114 cm³/mol. The zero-order chi connectivity index (χ0) is 20.8. The first kappa shape index (κ1) is 20.1. The second-order valence-corrected chi connectivity index (χ2v) is 7.47. The molecule has 156 valence electrons. The maximum absolute atomic E-state index is 12.1. The second-order valence-electron chi connectivity index (χ2n) is 7.47. The molecule has 7 nitrogen and oxygen atoms in total. The molecule has 0 aliphatic carbocycles. The van der Waals surface area contributed by atoms with E-state index in [0.717, 1.165) is 30.9 Å². The smallest absolute Gasteiger partial charge is 0.258 e. The summed E-state index contributed by atoms with van der Waals surface area (Å²) in [7, 11) is 0. The zero-order valence-electron chi connectivity index (χ0n) is 16.8. The van der Waals surface area contributed by atoms with Gasteiger partial charge < -0.3 is 20.1 Å². The van der Waals surface area contributed by atoms with Gasteiger partial charge >= 0.3 is 0 Å². The summed E-state index contributed by atoms with van der Waals surface area (Å²) in [4.78, 5) is 21.6. The number of carbonyl (C=O) groups is 1. The van der Waals surface area contributed by atoms with Crippen molar-refractivity contribution in [1.82, 2.24) is 20.2 Å². The van der Waals surface area contributed by atoms with Crippen molar-refractivity contribution >= 4 is 5.91 Å². The minimum Gasteiger partial charge on any atom is -0.484 e. The van der Waals surface area contributed by atoms with E-state index in [4.69, 9.17) is 4.74 Å². The lowest BCUT2D eigenvalue weighted by molar-refractivity contribution is -0.123. The Hall–Kier alpha value is -3.16. The molecule has 1 aliphatic heterocycles. The highest BCUT2D eigenvalue weighted by atomic mass is 16.5. The Bertz CT molecular complexity index is 974. The number of imidazole rings is 1. The molecule has 0 saturated heterocycles. The predicted octanol–water partition coefficient (Wildman–Crippen LogP) is 1.99. The van der Waals surface area contributed by atoms with Crippen molar-refractivity contribution in [1.29, 1.82) is 0 Å². The second kappa shape index (κ2) is 9.56. The minimum atomic E-state index is -0.624. The largest absolute Gasteiger partial charge is 0.484 e. The third-order valence-electron chi connectivity index (χ3n) is 5.19. The van der Waals surface area contributed by atoms with Gasteiger partial charge in [0.05, 0.1) is 6.10 Å². The van der Waals surface area contributed by atoms with E-state index in [1.54, 1.807) is 18.5 Å². The molecule has 2 heterocycles. The van der Waals surface area contributed by atoms with Crippen LogP contribution in [0.2, 0.25) is 0 Å². The summed E-state index contributed by atoms with van der Waals surface area (Å²) in [5, 5.41) is 13.1. The van der Waals surface area contributed by atoms with Crippen LogP contribution in [0.4, 0.5) is 0 Å². The molecule has 0 spiro atoms. The Kier molecular flexibility index (Phi) is 6.41. The van der Waals surface area contributed by atoms with Crippen LogP contribution in [0.5, 0.6) is 5.75 Å². The summed E-state index contributed by atoms with van der Waals surface area (Å²) in [5.74, 6) is 1.07. The Labute approximate surface area is 175 Å². The third kappa shape index (κ3) is 5.25. The van der Waals surface area contributed by atoms with Gasteiger partial charge in [0.15, 0.2) is 6.61 Å². The molecule has 1 atom stereocenters. The fourth-order valence-corrected chi connectivity index (χ4v) is 3.66. The average molecular weight is 406 g/mol. The van der Waals surface area contributed by atoms with E-state index in [1.165, 1.54) is 11.1 Å². The van der Waals surface area contributed by atoms with Crippen molar-refractivity contribution < 1.29 is 14.6 Å². The lowest BCUT2D eigenvalue weighted by Gasteiger charge is -2.30. The first-order chi connectivity index (χ1) is 14.7. The number of aliphatic hydroxyl groups is 1. The third-order valence-corrected chi connectivity index (χ3v) is 5.19. The van der Waals surface area contributed by atoms with Crippen LogP contribution in [0.1, 0.15) is 11.1 Å². The van der Waals surface area contributed by atoms with E-state index < -0.39 is 6.10 Å². The lowest BCUT2D eigenvalue weighted by atomic mass is 10.00. The molecule has 0 unspecified atom stereocenters. The summed E-state index contributed by atoms with van der Waals surface area (Å²) < 4.78 is 5.58. The van der Waals surface area contributed by atoms with Gasteiger partial charge in [0.25, 0.3) is 5.91 Å². The number of hydrogen-bond acceptors (Lipinski definition) is 5. The number of ether oxygens (including phenoxy) is 1. The number of aliphatic hydroxyl groups excluding tert-OH is 1. The topological polar surface area (TPSA) is 90.5 Å². The molecule has 1 amide bonds. The minimum absolute atomic E-state index is 0.106. The fourth-order valence-electron chi connectivity index (χ4n) is 3.66. The number of hydrogen-bond donors (Lipinski definition) is 3. The number of carbonyl (C=O) groups excluding carboxylic acids is 1. The van der Waals surface area contributed by atoms with Crippen LogP contribution in [-0.4, -0.2) is 58.2 Å². The van der Waals surface area contributed by atoms with E-state index in [0.29, 0.717) is 12.3 Å². The van der Waals surface area contributed by atoms with Crippen molar-refractivity contribution in [2.75, 3.05) is 26.2 Å². The maximum Gasteiger partial charge on any atom is 0.258 e. The van der Waals surface area contributed by atoms with E-state index in [2.05, 4.69) is 38.4 Å². The molecule has 3 N–H and O–H groups in total. The first-order valence-corrected chi connectivity index (χ1v) is 10.1. The molecular formula is C23H26N4O3. The van der Waals surface area contributed by atoms with Gasteiger partial charge in [0.2, 0.25) is 0 Å². The zero-order valence-corrected chi connectivity index (χ0v) is 16.8. The van der Waals surface area contributed by atoms with E-state index in [9.17, 15) is 9.90 Å². The number of benzene rings is 2. The van der Waals surface area contributed by atoms with E-state index in [-0.39, 0.29) is 19.1 Å². The van der Waals surface area contributed by atoms with Gasteiger partial charge in [0.1, 0.15) is 11.6 Å². The summed E-state index contributed by atoms with van der Waals surface area (Å²) in [6.45, 7) is 2.37. The van der Waals surface area contributed by atoms with Crippen LogP contribution < -0.4 is 10.1 Å². The highest BCUT2D eigenvalue weighted by Gasteiger charge is 2.18. The summed E-state index contributed by atoms with van der Waals surface area (Å²) in [6.07, 6.45) is 3.80. The molecule has 0 saturated carbocycles. The summed E-state index contributed by atoms with van der Waals surface area (Å²) in [6, 6.07) is 15.8. The fraction of sp³-hybridized carbons (Fsp3) is 0.304. The van der Waals surface area contributed by atoms with Crippen LogP contribution in [0.25, 0.3) is 11.4 Å². The molecule has 0 radical (unpaired) electrons. The highest BCUT2D eigenvalue weighted by Crippen LogP contribution is 2.21. The van der Waals surface area contributed by atoms with Crippen LogP contribution in [0.15, 0.2) is 60.9 Å². The Morgan fingerprint density at radius 3 is 2.93 bits per heavy atom. The maximum atomic E-state index is 12.1. The first-order valence-electron chi connectivity index (χ1n) is 10.1. The van der Waals surface area contributed by atoms with E-state index >= 15 is 0 Å². The monoisotopic (exact) mass is 406 g/mol. The standard InChI is InChI=1S/C23H26N4O3/c28-20(15-27-11-8-17-4-1-2-5-19(17)14-27)13-26-22(29)16-30-21-7-3-6-18(12-21)23-24-9-10-25-23/h1-7,9-10,12,20,28H,8,11,13-16H2,(H,24,25)(H,26,29)/t20-/m1/s1. The Morgan fingerprint density at radius 2 is 2.10 bits per heavy atom. The molecule has 4 rings (SSSR count). The molecule has 1 aliphatic rings. The van der Waals surface area contributed by atoms with Gasteiger partial charge in [-0.15, -0.1) is 0 Å². The molecule has 7 heteroatoms. The average Bonchev–Trinajstić information content (AvgIpc) is 3.31. The van der Waals surface area contributed by atoms with Crippen molar-refractivity contribution in [3.63, 3.8) is 0 Å². The highest BCUT2D eigenvalue weighted by molar-refractivity contribution is 5.77. The molecule has 2 aromatic carbocycles. The number of nitrogens with one attached hydrogen (secondary N) is 2. The molecular weight excluding hydrogens is 380 g/mol. The number of aromatic amines is 1. The van der Waals surface area contributed by atoms with E-state index in [1.807, 2.05) is 24.3 Å². The van der Waals surface area contributed by atoms with Crippen molar-refractivity contribution in [2.24, 2.45) is 0 Å². The molecule has 30 heavy (non-hydrogen) atoms. The number of fused-ring (bicyclic) bond motifs is 1. The number of nitrogens with zero attached hydrogens (tertiary/aromatic N) is 2. The number of H-pyrrole nitrogens is 1. The molecule has 1 aromatic heterocycles. The quantitative estimate of drug-likeness (QED) is 0.532. The van der Waals surface area contributed by atoms with Gasteiger partial charge in [-0.3, -0.25) is 9.69 Å². The Morgan fingerprint density at radius 1 is 1.23 bits per heavy atom. The SMILES string of the molecule is O=C(COc1cccc(-c2ncc[nH]2)c1)NC[C@@H](O)CN1CCc2ccccc2C1. The van der Waals surface area contributed by atoms with Crippen LogP contribution in [0, 0.1) is 0 Å². The van der Waals surface area contributed by atoms with Crippen molar-refractivity contribution in [3.05, 3.63) is 72.1 Å². The Balaban J connectivity index is 1.19. The number of aromatic nitrogens is 2. The van der Waals surface area contributed by atoms with Gasteiger partial charge in [-0.2, -0.15) is 0 Å². The van der Waals surface area contributed by atoms with Crippen LogP contribution >= 0.6 is 0 Å². The van der Waals surface area contributed by atoms with Crippen LogP contribution in [-0.2, 0) is 17.8 Å². The molecule has 0 fully saturated rings. The number of β-amino-alcohol motifs (C(OH)–C–C–N with tert-alkyl or cyclic N) is 1. The van der Waals surface area contributed by atoms with Crippen LogP contribution in [0.3, 0.4) is 0 Å². The van der Waals surface area contributed by atoms with Crippen molar-refractivity contribution in [3.8, 4) is 17.1 Å². The van der Waals surface area contributed by atoms with Gasteiger partial charge in [-0.05, 0) is 29.7 Å². The van der Waals surface area contributed by atoms with Gasteiger partial charge in [-0.1, -0.05) is 36.4 Å². The summed E-state index contributed by atoms with van der Waals surface area (Å²) in [5.41, 5.74) is 3.58. The molecule has 0 bridgehead atoms. The normalized spacial score (nSPS) is 14.7. The number of amides is 1. The molecule has 3 aromatic rings. The lowest BCUT2D eigenvalue weighted by Crippen LogP contribution is -2.42. The van der Waals surface area contributed by atoms with Crippen molar-refractivity contribution in [2.45, 2.75) is 19.1 Å². The number of rotatable bonds is 8. The summed E-state index contributed by atoms with van der Waals surface area (Å²) >= 11 is 0. The van der Waals surface area contributed by atoms with Gasteiger partial charge in [0, 0.05) is 44.1 Å². The van der Waals surface area contributed by atoms with Gasteiger partial charge in [-0.25, -0.2) is 4.98 Å².